The van der Waals surface area contributed by atoms with Crippen molar-refractivity contribution in [3.63, 3.8) is 0 Å². The smallest absolute Gasteiger partial charge is 0.214 e. The molecule has 0 N–H and O–H groups in total. The van der Waals surface area contributed by atoms with Crippen LogP contribution in [0.5, 0.6) is 0 Å². The summed E-state index contributed by atoms with van der Waals surface area (Å²) in [5.74, 6) is 0.0607. The summed E-state index contributed by atoms with van der Waals surface area (Å²) in [4.78, 5) is 15.6. The maximum atomic E-state index is 14.0. The average molecular weight is 291 g/mol. The minimum absolute atomic E-state index is 0.328. The summed E-state index contributed by atoms with van der Waals surface area (Å²) < 4.78 is 27.2. The number of piperazine rings is 1. The minimum Gasteiger partial charge on any atom is -0.353 e. The van der Waals surface area contributed by atoms with Crippen molar-refractivity contribution in [1.29, 1.82) is 0 Å². The van der Waals surface area contributed by atoms with Crippen molar-refractivity contribution in [1.82, 2.24) is 15.0 Å². The molecule has 3 heterocycles. The SMILES string of the molecule is Cc1ncnc(N2CCN(c3cccc(F)n3)CC2)c1F. The number of nitrogens with zero attached hydrogens (tertiary/aromatic N) is 5. The Kier molecular flexibility index (Phi) is 3.64. The lowest BCUT2D eigenvalue weighted by Crippen LogP contribution is -2.47. The monoisotopic (exact) mass is 291 g/mol. The Balaban J connectivity index is 1.72. The van der Waals surface area contributed by atoms with Crippen LogP contribution in [0.4, 0.5) is 20.4 Å². The van der Waals surface area contributed by atoms with Crippen molar-refractivity contribution in [2.24, 2.45) is 0 Å². The van der Waals surface area contributed by atoms with E-state index in [0.717, 1.165) is 0 Å². The Morgan fingerprint density at radius 2 is 1.71 bits per heavy atom. The third kappa shape index (κ3) is 2.76. The summed E-state index contributed by atoms with van der Waals surface area (Å²) in [6.07, 6.45) is 1.37. The Morgan fingerprint density at radius 3 is 2.43 bits per heavy atom. The molecule has 21 heavy (non-hydrogen) atoms. The molecule has 0 aliphatic carbocycles. The summed E-state index contributed by atoms with van der Waals surface area (Å²) in [5.41, 5.74) is 0.342. The number of rotatable bonds is 2. The first-order valence-corrected chi connectivity index (χ1v) is 6.74. The molecular weight excluding hydrogens is 276 g/mol. The number of hydrogen-bond acceptors (Lipinski definition) is 5. The van der Waals surface area contributed by atoms with Gasteiger partial charge in [0.25, 0.3) is 0 Å². The van der Waals surface area contributed by atoms with Gasteiger partial charge in [-0.1, -0.05) is 6.07 Å². The number of anilines is 2. The van der Waals surface area contributed by atoms with Gasteiger partial charge < -0.3 is 9.80 Å². The normalized spacial score (nSPS) is 15.4. The molecule has 1 fully saturated rings. The van der Waals surface area contributed by atoms with Crippen molar-refractivity contribution in [3.8, 4) is 0 Å². The van der Waals surface area contributed by atoms with E-state index >= 15 is 0 Å². The Morgan fingerprint density at radius 1 is 1.00 bits per heavy atom. The topological polar surface area (TPSA) is 45.2 Å². The molecule has 0 radical (unpaired) electrons. The second-order valence-corrected chi connectivity index (χ2v) is 4.89. The zero-order valence-electron chi connectivity index (χ0n) is 11.6. The number of hydrogen-bond donors (Lipinski definition) is 0. The van der Waals surface area contributed by atoms with Gasteiger partial charge in [0.05, 0.1) is 5.69 Å². The molecule has 110 valence electrons. The Labute approximate surface area is 121 Å². The summed E-state index contributed by atoms with van der Waals surface area (Å²) in [6.45, 7) is 4.10. The van der Waals surface area contributed by atoms with Crippen LogP contribution in [-0.2, 0) is 0 Å². The van der Waals surface area contributed by atoms with Gasteiger partial charge in [-0.15, -0.1) is 0 Å². The first-order chi connectivity index (χ1) is 10.1. The molecule has 0 saturated carbocycles. The fraction of sp³-hybridized carbons (Fsp3) is 0.357. The summed E-state index contributed by atoms with van der Waals surface area (Å²) in [7, 11) is 0. The molecule has 3 rings (SSSR count). The molecule has 2 aromatic heterocycles. The largest absolute Gasteiger partial charge is 0.353 e. The van der Waals surface area contributed by atoms with E-state index in [0.29, 0.717) is 43.5 Å². The maximum Gasteiger partial charge on any atom is 0.214 e. The van der Waals surface area contributed by atoms with Crippen LogP contribution in [0.3, 0.4) is 0 Å². The molecule has 0 amide bonds. The molecule has 1 saturated heterocycles. The Bertz CT molecular complexity index is 641. The molecule has 0 bridgehead atoms. The van der Waals surface area contributed by atoms with E-state index in [-0.39, 0.29) is 5.82 Å². The van der Waals surface area contributed by atoms with Crippen molar-refractivity contribution >= 4 is 11.6 Å². The lowest BCUT2D eigenvalue weighted by molar-refractivity contribution is 0.563. The highest BCUT2D eigenvalue weighted by molar-refractivity contribution is 5.45. The molecule has 0 spiro atoms. The molecule has 1 aliphatic rings. The van der Waals surface area contributed by atoms with Gasteiger partial charge in [0.1, 0.15) is 12.1 Å². The van der Waals surface area contributed by atoms with Gasteiger partial charge in [-0.2, -0.15) is 4.39 Å². The van der Waals surface area contributed by atoms with Crippen LogP contribution < -0.4 is 9.80 Å². The van der Waals surface area contributed by atoms with Crippen LogP contribution in [0.25, 0.3) is 0 Å². The summed E-state index contributed by atoms with van der Waals surface area (Å²) in [6, 6.07) is 4.73. The molecule has 0 atom stereocenters. The molecule has 5 nitrogen and oxygen atoms in total. The van der Waals surface area contributed by atoms with Crippen LogP contribution in [0.15, 0.2) is 24.5 Å². The van der Waals surface area contributed by atoms with Crippen LogP contribution in [0.1, 0.15) is 5.69 Å². The number of aromatic nitrogens is 3. The highest BCUT2D eigenvalue weighted by Gasteiger charge is 2.22. The van der Waals surface area contributed by atoms with Crippen molar-refractivity contribution < 1.29 is 8.78 Å². The average Bonchev–Trinajstić information content (AvgIpc) is 2.50. The third-order valence-corrected chi connectivity index (χ3v) is 3.55. The van der Waals surface area contributed by atoms with Crippen LogP contribution in [-0.4, -0.2) is 41.1 Å². The molecule has 0 aromatic carbocycles. The third-order valence-electron chi connectivity index (χ3n) is 3.55. The Hall–Kier alpha value is -2.31. The first kappa shape index (κ1) is 13.7. The quantitative estimate of drug-likeness (QED) is 0.789. The van der Waals surface area contributed by atoms with Gasteiger partial charge in [-0.25, -0.2) is 19.3 Å². The van der Waals surface area contributed by atoms with Gasteiger partial charge >= 0.3 is 0 Å². The summed E-state index contributed by atoms with van der Waals surface area (Å²) >= 11 is 0. The second kappa shape index (κ2) is 5.59. The van der Waals surface area contributed by atoms with Crippen molar-refractivity contribution in [3.05, 3.63) is 42.0 Å². The van der Waals surface area contributed by atoms with Crippen molar-refractivity contribution in [2.75, 3.05) is 36.0 Å². The predicted octanol–water partition coefficient (Wildman–Crippen LogP) is 1.78. The van der Waals surface area contributed by atoms with E-state index in [4.69, 9.17) is 0 Å². The number of halogens is 2. The van der Waals surface area contributed by atoms with Crippen LogP contribution in [0.2, 0.25) is 0 Å². The van der Waals surface area contributed by atoms with E-state index in [9.17, 15) is 8.78 Å². The highest BCUT2D eigenvalue weighted by Crippen LogP contribution is 2.21. The number of pyridine rings is 1. The van der Waals surface area contributed by atoms with E-state index in [1.165, 1.54) is 12.4 Å². The zero-order chi connectivity index (χ0) is 14.8. The molecule has 1 aliphatic heterocycles. The standard InChI is InChI=1S/C14H15F2N5/c1-10-13(16)14(18-9-17-10)21-7-5-20(6-8-21)12-4-2-3-11(15)19-12/h2-4,9H,5-8H2,1H3. The fourth-order valence-electron chi connectivity index (χ4n) is 2.39. The number of aryl methyl sites for hydroxylation is 1. The molecule has 0 unspecified atom stereocenters. The maximum absolute atomic E-state index is 14.0. The lowest BCUT2D eigenvalue weighted by atomic mass is 10.3. The van der Waals surface area contributed by atoms with Gasteiger partial charge in [-0.05, 0) is 19.1 Å². The first-order valence-electron chi connectivity index (χ1n) is 6.74. The summed E-state index contributed by atoms with van der Waals surface area (Å²) in [5, 5.41) is 0. The van der Waals surface area contributed by atoms with Gasteiger partial charge in [0.2, 0.25) is 5.95 Å². The van der Waals surface area contributed by atoms with E-state index in [1.54, 1.807) is 19.1 Å². The van der Waals surface area contributed by atoms with Gasteiger partial charge in [0, 0.05) is 26.2 Å². The predicted molar refractivity (Wildman–Crippen MR) is 75.3 cm³/mol. The van der Waals surface area contributed by atoms with Crippen molar-refractivity contribution in [2.45, 2.75) is 6.92 Å². The van der Waals surface area contributed by atoms with E-state index in [1.807, 2.05) is 9.80 Å². The molecule has 2 aromatic rings. The second-order valence-electron chi connectivity index (χ2n) is 4.89. The lowest BCUT2D eigenvalue weighted by Gasteiger charge is -2.36. The minimum atomic E-state index is -0.493. The van der Waals surface area contributed by atoms with E-state index in [2.05, 4.69) is 15.0 Å². The fourth-order valence-corrected chi connectivity index (χ4v) is 2.39. The van der Waals surface area contributed by atoms with Gasteiger partial charge in [-0.3, -0.25) is 0 Å². The van der Waals surface area contributed by atoms with Gasteiger partial charge in [0.15, 0.2) is 11.6 Å². The van der Waals surface area contributed by atoms with Crippen LogP contribution >= 0.6 is 0 Å². The zero-order valence-corrected chi connectivity index (χ0v) is 11.6. The highest BCUT2D eigenvalue weighted by atomic mass is 19.1. The molecule has 7 heteroatoms. The molecular formula is C14H15F2N5. The van der Waals surface area contributed by atoms with Crippen LogP contribution in [0, 0.1) is 18.7 Å². The van der Waals surface area contributed by atoms with E-state index < -0.39 is 5.95 Å².